The lowest BCUT2D eigenvalue weighted by atomic mass is 10.2. The van der Waals surface area contributed by atoms with Gasteiger partial charge in [0.15, 0.2) is 6.10 Å². The van der Waals surface area contributed by atoms with Gasteiger partial charge in [-0.25, -0.2) is 4.79 Å². The minimum atomic E-state index is -0.989. The van der Waals surface area contributed by atoms with Gasteiger partial charge in [0, 0.05) is 20.2 Å². The van der Waals surface area contributed by atoms with Crippen molar-refractivity contribution in [2.24, 2.45) is 0 Å². The first kappa shape index (κ1) is 12.3. The predicted molar refractivity (Wildman–Crippen MR) is 57.5 cm³/mol. The second-order valence-electron chi connectivity index (χ2n) is 4.46. The van der Waals surface area contributed by atoms with Crippen molar-refractivity contribution in [2.45, 2.75) is 37.6 Å². The number of carbonyl (C=O) groups excluding carboxylic acids is 1. The molecule has 6 heteroatoms. The van der Waals surface area contributed by atoms with Gasteiger partial charge in [-0.1, -0.05) is 0 Å². The molecule has 0 aromatic rings. The van der Waals surface area contributed by atoms with Crippen LogP contribution in [0.1, 0.15) is 19.3 Å². The number of carboxylic acid groups (broad SMARTS) is 1. The van der Waals surface area contributed by atoms with Gasteiger partial charge in [0.05, 0.1) is 6.10 Å². The molecule has 0 radical (unpaired) electrons. The van der Waals surface area contributed by atoms with E-state index in [0.717, 1.165) is 6.42 Å². The Balaban J connectivity index is 1.87. The third-order valence-electron chi connectivity index (χ3n) is 3.36. The number of hydrogen-bond acceptors (Lipinski definition) is 4. The van der Waals surface area contributed by atoms with E-state index in [0.29, 0.717) is 25.9 Å². The highest BCUT2D eigenvalue weighted by molar-refractivity contribution is 5.83. The zero-order valence-corrected chi connectivity index (χ0v) is 9.80. The molecule has 0 spiro atoms. The highest BCUT2D eigenvalue weighted by atomic mass is 16.5. The van der Waals surface area contributed by atoms with Gasteiger partial charge in [-0.05, 0) is 19.3 Å². The predicted octanol–water partition coefficient (Wildman–Crippen LogP) is -0.134. The molecule has 0 bridgehead atoms. The number of aliphatic carboxylic acids is 1. The summed E-state index contributed by atoms with van der Waals surface area (Å²) < 4.78 is 10.4. The van der Waals surface area contributed by atoms with E-state index in [9.17, 15) is 9.59 Å². The lowest BCUT2D eigenvalue weighted by Crippen LogP contribution is -2.38. The number of carboxylic acids is 1. The summed E-state index contributed by atoms with van der Waals surface area (Å²) in [6, 6.07) is 0. The zero-order valence-electron chi connectivity index (χ0n) is 9.80. The van der Waals surface area contributed by atoms with Gasteiger partial charge < -0.3 is 19.5 Å². The van der Waals surface area contributed by atoms with Crippen molar-refractivity contribution in [3.8, 4) is 0 Å². The van der Waals surface area contributed by atoms with Gasteiger partial charge in [0.1, 0.15) is 6.10 Å². The van der Waals surface area contributed by atoms with E-state index < -0.39 is 18.2 Å². The smallest absolute Gasteiger partial charge is 0.332 e. The van der Waals surface area contributed by atoms with Crippen molar-refractivity contribution in [2.75, 3.05) is 20.2 Å². The number of methoxy groups -OCH3 is 1. The van der Waals surface area contributed by atoms with E-state index in [4.69, 9.17) is 14.6 Å². The first-order chi connectivity index (χ1) is 8.11. The number of likely N-dealkylation sites (tertiary alicyclic amines) is 1. The van der Waals surface area contributed by atoms with Gasteiger partial charge in [-0.3, -0.25) is 4.79 Å². The Morgan fingerprint density at radius 3 is 2.53 bits per heavy atom. The van der Waals surface area contributed by atoms with Crippen molar-refractivity contribution >= 4 is 11.9 Å². The number of carbonyl (C=O) groups is 2. The van der Waals surface area contributed by atoms with Crippen LogP contribution in [0.15, 0.2) is 0 Å². The van der Waals surface area contributed by atoms with Crippen LogP contribution >= 0.6 is 0 Å². The largest absolute Gasteiger partial charge is 0.479 e. The first-order valence-electron chi connectivity index (χ1n) is 5.81. The van der Waals surface area contributed by atoms with Crippen LogP contribution in [0.5, 0.6) is 0 Å². The molecule has 2 rings (SSSR count). The summed E-state index contributed by atoms with van der Waals surface area (Å²) in [7, 11) is 1.63. The lowest BCUT2D eigenvalue weighted by Gasteiger charge is -2.20. The average Bonchev–Trinajstić information content (AvgIpc) is 2.97. The standard InChI is InChI=1S/C11H17NO5/c1-16-7-4-5-12(6-7)10(13)8-2-3-9(17-8)11(14)15/h7-9H,2-6H2,1H3,(H,14,15)/t7?,8-,9+/m0/s1. The normalized spacial score (nSPS) is 33.0. The van der Waals surface area contributed by atoms with E-state index in [1.54, 1.807) is 12.0 Å². The topological polar surface area (TPSA) is 76.1 Å². The Bertz CT molecular complexity index is 319. The molecule has 0 aromatic heterocycles. The van der Waals surface area contributed by atoms with Crippen LogP contribution in [0.4, 0.5) is 0 Å². The van der Waals surface area contributed by atoms with Crippen LogP contribution in [0.3, 0.4) is 0 Å². The maximum Gasteiger partial charge on any atom is 0.332 e. The van der Waals surface area contributed by atoms with Gasteiger partial charge in [0.25, 0.3) is 5.91 Å². The number of rotatable bonds is 3. The minimum absolute atomic E-state index is 0.0932. The third-order valence-corrected chi connectivity index (χ3v) is 3.36. The Morgan fingerprint density at radius 2 is 2.00 bits per heavy atom. The van der Waals surface area contributed by atoms with Gasteiger partial charge in [-0.15, -0.1) is 0 Å². The highest BCUT2D eigenvalue weighted by Gasteiger charge is 2.38. The SMILES string of the molecule is COC1CCN(C(=O)[C@@H]2CC[C@H](C(=O)O)O2)C1. The monoisotopic (exact) mass is 243 g/mol. The number of ether oxygens (including phenoxy) is 2. The van der Waals surface area contributed by atoms with Crippen molar-refractivity contribution in [3.05, 3.63) is 0 Å². The van der Waals surface area contributed by atoms with E-state index in [-0.39, 0.29) is 12.0 Å². The van der Waals surface area contributed by atoms with Crippen molar-refractivity contribution in [3.63, 3.8) is 0 Å². The van der Waals surface area contributed by atoms with Crippen LogP contribution in [-0.4, -0.2) is 60.4 Å². The van der Waals surface area contributed by atoms with Gasteiger partial charge in [-0.2, -0.15) is 0 Å². The molecule has 96 valence electrons. The van der Waals surface area contributed by atoms with E-state index in [1.807, 2.05) is 0 Å². The molecular weight excluding hydrogens is 226 g/mol. The van der Waals surface area contributed by atoms with Crippen LogP contribution < -0.4 is 0 Å². The van der Waals surface area contributed by atoms with E-state index in [1.165, 1.54) is 0 Å². The van der Waals surface area contributed by atoms with Crippen LogP contribution in [0, 0.1) is 0 Å². The van der Waals surface area contributed by atoms with Crippen molar-refractivity contribution < 1.29 is 24.2 Å². The highest BCUT2D eigenvalue weighted by Crippen LogP contribution is 2.23. The van der Waals surface area contributed by atoms with Gasteiger partial charge >= 0.3 is 5.97 Å². The Morgan fingerprint density at radius 1 is 1.29 bits per heavy atom. The van der Waals surface area contributed by atoms with Crippen LogP contribution in [-0.2, 0) is 19.1 Å². The molecule has 2 aliphatic rings. The third kappa shape index (κ3) is 2.58. The molecular formula is C11H17NO5. The molecule has 0 aromatic carbocycles. The maximum atomic E-state index is 12.0. The quantitative estimate of drug-likeness (QED) is 0.747. The Hall–Kier alpha value is -1.14. The Labute approximate surface area is 99.5 Å². The fourth-order valence-electron chi connectivity index (χ4n) is 2.32. The average molecular weight is 243 g/mol. The Kier molecular flexibility index (Phi) is 3.63. The molecule has 1 unspecified atom stereocenters. The molecule has 3 atom stereocenters. The number of hydrogen-bond donors (Lipinski definition) is 1. The molecule has 0 saturated carbocycles. The summed E-state index contributed by atoms with van der Waals surface area (Å²) in [5.74, 6) is -1.09. The molecule has 6 nitrogen and oxygen atoms in total. The number of amides is 1. The summed E-state index contributed by atoms with van der Waals surface area (Å²) in [6.45, 7) is 1.24. The molecule has 0 aliphatic carbocycles. The molecule has 2 heterocycles. The minimum Gasteiger partial charge on any atom is -0.479 e. The molecule has 2 aliphatic heterocycles. The van der Waals surface area contributed by atoms with Crippen molar-refractivity contribution in [1.29, 1.82) is 0 Å². The van der Waals surface area contributed by atoms with E-state index in [2.05, 4.69) is 0 Å². The summed E-state index contributed by atoms with van der Waals surface area (Å²) >= 11 is 0. The fourth-order valence-corrected chi connectivity index (χ4v) is 2.32. The zero-order chi connectivity index (χ0) is 12.4. The van der Waals surface area contributed by atoms with E-state index >= 15 is 0 Å². The molecule has 2 fully saturated rings. The lowest BCUT2D eigenvalue weighted by molar-refractivity contribution is -0.154. The van der Waals surface area contributed by atoms with Crippen LogP contribution in [0.2, 0.25) is 0 Å². The second-order valence-corrected chi connectivity index (χ2v) is 4.46. The first-order valence-corrected chi connectivity index (χ1v) is 5.81. The summed E-state index contributed by atoms with van der Waals surface area (Å²) in [6.07, 6.45) is 0.404. The molecule has 1 amide bonds. The summed E-state index contributed by atoms with van der Waals surface area (Å²) in [5, 5.41) is 8.79. The molecule has 1 N–H and O–H groups in total. The molecule has 17 heavy (non-hydrogen) atoms. The summed E-state index contributed by atoms with van der Waals surface area (Å²) in [4.78, 5) is 24.4. The van der Waals surface area contributed by atoms with Crippen LogP contribution in [0.25, 0.3) is 0 Å². The fraction of sp³-hybridized carbons (Fsp3) is 0.818. The number of nitrogens with zero attached hydrogens (tertiary/aromatic N) is 1. The summed E-state index contributed by atoms with van der Waals surface area (Å²) in [5.41, 5.74) is 0. The van der Waals surface area contributed by atoms with Gasteiger partial charge in [0.2, 0.25) is 0 Å². The second kappa shape index (κ2) is 5.01. The van der Waals surface area contributed by atoms with Crippen molar-refractivity contribution in [1.82, 2.24) is 4.90 Å². The maximum absolute atomic E-state index is 12.0. The molecule has 2 saturated heterocycles.